The van der Waals surface area contributed by atoms with Crippen LogP contribution >= 0.6 is 0 Å². The zero-order valence-electron chi connectivity index (χ0n) is 11.8. The summed E-state index contributed by atoms with van der Waals surface area (Å²) in [7, 11) is 0. The number of anilines is 1. The van der Waals surface area contributed by atoms with Crippen molar-refractivity contribution in [2.24, 2.45) is 5.92 Å². The molecule has 0 spiro atoms. The standard InChI is InChI=1S/C15H22N2O3/c1-11-10-17(8-6-14(11)18)15(19)7-9-20-13-4-2-12(16)3-5-13/h2-5,11,14,18H,6-10,16H2,1H3. The second kappa shape index (κ2) is 6.61. The number of nitrogen functional groups attached to an aromatic ring is 1. The van der Waals surface area contributed by atoms with E-state index in [2.05, 4.69) is 0 Å². The molecule has 5 heteroatoms. The Kier molecular flexibility index (Phi) is 4.84. The van der Waals surface area contributed by atoms with E-state index in [1.165, 1.54) is 0 Å². The third-order valence-corrected chi connectivity index (χ3v) is 3.68. The van der Waals surface area contributed by atoms with Gasteiger partial charge in [0.15, 0.2) is 0 Å². The van der Waals surface area contributed by atoms with E-state index in [1.54, 1.807) is 24.3 Å². The largest absolute Gasteiger partial charge is 0.493 e. The topological polar surface area (TPSA) is 75.8 Å². The van der Waals surface area contributed by atoms with Crippen LogP contribution in [0.15, 0.2) is 24.3 Å². The van der Waals surface area contributed by atoms with Crippen LogP contribution < -0.4 is 10.5 Å². The van der Waals surface area contributed by atoms with Crippen molar-refractivity contribution in [1.82, 2.24) is 4.90 Å². The molecule has 1 aromatic rings. The molecule has 3 N–H and O–H groups in total. The van der Waals surface area contributed by atoms with Gasteiger partial charge in [0.25, 0.3) is 0 Å². The maximum atomic E-state index is 12.0. The molecular formula is C15H22N2O3. The molecule has 1 aromatic carbocycles. The molecule has 1 heterocycles. The van der Waals surface area contributed by atoms with Gasteiger partial charge in [-0.3, -0.25) is 4.79 Å². The van der Waals surface area contributed by atoms with Crippen molar-refractivity contribution in [3.8, 4) is 5.75 Å². The van der Waals surface area contributed by atoms with E-state index in [0.717, 1.165) is 5.75 Å². The second-order valence-corrected chi connectivity index (χ2v) is 5.34. The number of hydrogen-bond acceptors (Lipinski definition) is 4. The minimum Gasteiger partial charge on any atom is -0.493 e. The molecular weight excluding hydrogens is 256 g/mol. The van der Waals surface area contributed by atoms with Gasteiger partial charge in [-0.1, -0.05) is 6.92 Å². The molecule has 0 bridgehead atoms. The average molecular weight is 278 g/mol. The number of ether oxygens (including phenoxy) is 1. The lowest BCUT2D eigenvalue weighted by Gasteiger charge is -2.34. The molecule has 0 radical (unpaired) electrons. The Morgan fingerprint density at radius 3 is 2.80 bits per heavy atom. The number of hydrogen-bond donors (Lipinski definition) is 2. The Morgan fingerprint density at radius 1 is 1.45 bits per heavy atom. The number of rotatable bonds is 4. The van der Waals surface area contributed by atoms with Crippen LogP contribution in [0.2, 0.25) is 0 Å². The van der Waals surface area contributed by atoms with Crippen LogP contribution in [-0.2, 0) is 4.79 Å². The summed E-state index contributed by atoms with van der Waals surface area (Å²) in [4.78, 5) is 13.8. The lowest BCUT2D eigenvalue weighted by molar-refractivity contribution is -0.135. The van der Waals surface area contributed by atoms with Gasteiger partial charge < -0.3 is 20.5 Å². The van der Waals surface area contributed by atoms with Crippen molar-refractivity contribution in [2.45, 2.75) is 25.9 Å². The Bertz CT molecular complexity index is 447. The number of aliphatic hydroxyl groups is 1. The number of piperidine rings is 1. The van der Waals surface area contributed by atoms with Crippen LogP contribution in [0, 0.1) is 5.92 Å². The van der Waals surface area contributed by atoms with Crippen molar-refractivity contribution in [3.63, 3.8) is 0 Å². The van der Waals surface area contributed by atoms with Gasteiger partial charge in [-0.15, -0.1) is 0 Å². The van der Waals surface area contributed by atoms with Crippen molar-refractivity contribution in [1.29, 1.82) is 0 Å². The van der Waals surface area contributed by atoms with Crippen molar-refractivity contribution >= 4 is 11.6 Å². The van der Waals surface area contributed by atoms with Crippen molar-refractivity contribution in [2.75, 3.05) is 25.4 Å². The van der Waals surface area contributed by atoms with E-state index in [4.69, 9.17) is 10.5 Å². The summed E-state index contributed by atoms with van der Waals surface area (Å²) < 4.78 is 5.52. The van der Waals surface area contributed by atoms with Crippen LogP contribution in [0.5, 0.6) is 5.75 Å². The van der Waals surface area contributed by atoms with E-state index in [0.29, 0.717) is 38.2 Å². The quantitative estimate of drug-likeness (QED) is 0.813. The number of carbonyl (C=O) groups excluding carboxylic acids is 1. The fraction of sp³-hybridized carbons (Fsp3) is 0.533. The molecule has 2 atom stereocenters. The minimum atomic E-state index is -0.287. The predicted molar refractivity (Wildman–Crippen MR) is 77.3 cm³/mol. The van der Waals surface area contributed by atoms with Gasteiger partial charge in [0.05, 0.1) is 19.1 Å². The first-order valence-electron chi connectivity index (χ1n) is 7.00. The van der Waals surface area contributed by atoms with Crippen molar-refractivity contribution in [3.05, 3.63) is 24.3 Å². The minimum absolute atomic E-state index is 0.0826. The van der Waals surface area contributed by atoms with Gasteiger partial charge in [0, 0.05) is 18.8 Å². The number of nitrogens with zero attached hydrogens (tertiary/aromatic N) is 1. The lowest BCUT2D eigenvalue weighted by atomic mass is 9.96. The van der Waals surface area contributed by atoms with Crippen LogP contribution in [0.25, 0.3) is 0 Å². The summed E-state index contributed by atoms with van der Waals surface area (Å²) in [6, 6.07) is 7.12. The van der Waals surface area contributed by atoms with E-state index in [-0.39, 0.29) is 17.9 Å². The first-order chi connectivity index (χ1) is 9.56. The van der Waals surface area contributed by atoms with Crippen LogP contribution in [0.1, 0.15) is 19.8 Å². The average Bonchev–Trinajstić information content (AvgIpc) is 2.44. The molecule has 5 nitrogen and oxygen atoms in total. The highest BCUT2D eigenvalue weighted by Gasteiger charge is 2.26. The summed E-state index contributed by atoms with van der Waals surface area (Å²) in [6.45, 7) is 3.58. The lowest BCUT2D eigenvalue weighted by Crippen LogP contribution is -2.45. The van der Waals surface area contributed by atoms with Gasteiger partial charge in [0.2, 0.25) is 5.91 Å². The Hall–Kier alpha value is -1.75. The zero-order chi connectivity index (χ0) is 14.5. The third-order valence-electron chi connectivity index (χ3n) is 3.68. The molecule has 110 valence electrons. The summed E-state index contributed by atoms with van der Waals surface area (Å²) in [5.74, 6) is 0.944. The highest BCUT2D eigenvalue weighted by Crippen LogP contribution is 2.17. The zero-order valence-corrected chi connectivity index (χ0v) is 11.8. The first-order valence-corrected chi connectivity index (χ1v) is 7.00. The number of benzene rings is 1. The molecule has 1 aliphatic heterocycles. The molecule has 1 amide bonds. The summed E-state index contributed by atoms with van der Waals surface area (Å²) >= 11 is 0. The van der Waals surface area contributed by atoms with E-state index < -0.39 is 0 Å². The highest BCUT2D eigenvalue weighted by atomic mass is 16.5. The van der Waals surface area contributed by atoms with Crippen molar-refractivity contribution < 1.29 is 14.6 Å². The Morgan fingerprint density at radius 2 is 2.15 bits per heavy atom. The van der Waals surface area contributed by atoms with Crippen LogP contribution in [-0.4, -0.2) is 41.7 Å². The van der Waals surface area contributed by atoms with Gasteiger partial charge in [-0.05, 0) is 36.6 Å². The third kappa shape index (κ3) is 3.87. The number of nitrogens with two attached hydrogens (primary N) is 1. The molecule has 2 rings (SSSR count). The number of carbonyl (C=O) groups is 1. The highest BCUT2D eigenvalue weighted by molar-refractivity contribution is 5.76. The van der Waals surface area contributed by atoms with Gasteiger partial charge in [-0.2, -0.15) is 0 Å². The van der Waals surface area contributed by atoms with E-state index in [9.17, 15) is 9.90 Å². The van der Waals surface area contributed by atoms with E-state index in [1.807, 2.05) is 11.8 Å². The second-order valence-electron chi connectivity index (χ2n) is 5.34. The van der Waals surface area contributed by atoms with Crippen LogP contribution in [0.3, 0.4) is 0 Å². The number of likely N-dealkylation sites (tertiary alicyclic amines) is 1. The molecule has 1 saturated heterocycles. The summed E-state index contributed by atoms with van der Waals surface area (Å²) in [6.07, 6.45) is 0.726. The molecule has 1 aliphatic rings. The van der Waals surface area contributed by atoms with Gasteiger partial charge in [0.1, 0.15) is 5.75 Å². The predicted octanol–water partition coefficient (Wildman–Crippen LogP) is 1.27. The molecule has 0 aromatic heterocycles. The molecule has 0 aliphatic carbocycles. The van der Waals surface area contributed by atoms with Crippen LogP contribution in [0.4, 0.5) is 5.69 Å². The Labute approximate surface area is 119 Å². The Balaban J connectivity index is 1.74. The number of amides is 1. The van der Waals surface area contributed by atoms with Gasteiger partial charge >= 0.3 is 0 Å². The van der Waals surface area contributed by atoms with Gasteiger partial charge in [-0.25, -0.2) is 0 Å². The molecule has 0 saturated carbocycles. The SMILES string of the molecule is CC1CN(C(=O)CCOc2ccc(N)cc2)CCC1O. The van der Waals surface area contributed by atoms with E-state index >= 15 is 0 Å². The molecule has 20 heavy (non-hydrogen) atoms. The fourth-order valence-electron chi connectivity index (χ4n) is 2.34. The monoisotopic (exact) mass is 278 g/mol. The molecule has 2 unspecified atom stereocenters. The summed E-state index contributed by atoms with van der Waals surface area (Å²) in [5, 5.41) is 9.65. The molecule has 1 fully saturated rings. The summed E-state index contributed by atoms with van der Waals surface area (Å²) in [5.41, 5.74) is 6.28. The maximum Gasteiger partial charge on any atom is 0.226 e. The maximum absolute atomic E-state index is 12.0. The fourth-order valence-corrected chi connectivity index (χ4v) is 2.34. The normalized spacial score (nSPS) is 22.6. The first kappa shape index (κ1) is 14.7. The smallest absolute Gasteiger partial charge is 0.226 e. The number of aliphatic hydroxyl groups excluding tert-OH is 1.